The summed E-state index contributed by atoms with van der Waals surface area (Å²) >= 11 is 0. The Morgan fingerprint density at radius 3 is 0.846 bits per heavy atom. The summed E-state index contributed by atoms with van der Waals surface area (Å²) in [6.07, 6.45) is 92.9. The normalized spacial score (nSPS) is 13.1. The molecule has 0 aliphatic rings. The molecule has 0 saturated heterocycles. The van der Waals surface area contributed by atoms with E-state index in [1.54, 1.807) is 0 Å². The first-order chi connectivity index (χ1) is 38.5. The van der Waals surface area contributed by atoms with Crippen LogP contribution in [0, 0.1) is 0 Å². The summed E-state index contributed by atoms with van der Waals surface area (Å²) in [5.74, 6) is -0.968. The number of esters is 3. The molecule has 0 heterocycles. The Morgan fingerprint density at radius 1 is 0.269 bits per heavy atom. The molecule has 78 heavy (non-hydrogen) atoms. The van der Waals surface area contributed by atoms with Crippen LogP contribution in [0.3, 0.4) is 0 Å². The number of carbonyl (C=O) groups excluding carboxylic acids is 3. The number of rotatable bonds is 56. The number of allylic oxidation sites excluding steroid dienone is 24. The minimum Gasteiger partial charge on any atom is -0.462 e. The zero-order chi connectivity index (χ0) is 56.4. The van der Waals surface area contributed by atoms with Crippen LogP contribution in [0.15, 0.2) is 146 Å². The summed E-state index contributed by atoms with van der Waals surface area (Å²) in [6.45, 7) is 6.44. The van der Waals surface area contributed by atoms with Crippen molar-refractivity contribution in [3.05, 3.63) is 146 Å². The fourth-order valence-electron chi connectivity index (χ4n) is 8.28. The Kier molecular flexibility index (Phi) is 60.9. The third-order valence-corrected chi connectivity index (χ3v) is 13.0. The van der Waals surface area contributed by atoms with Crippen LogP contribution in [0.1, 0.15) is 271 Å². The molecule has 0 N–H and O–H groups in total. The summed E-state index contributed by atoms with van der Waals surface area (Å²) in [5.41, 5.74) is 0. The molecule has 0 amide bonds. The fourth-order valence-corrected chi connectivity index (χ4v) is 8.28. The largest absolute Gasteiger partial charge is 0.462 e. The highest BCUT2D eigenvalue weighted by atomic mass is 16.6. The van der Waals surface area contributed by atoms with E-state index in [1.807, 2.05) is 0 Å². The Bertz CT molecular complexity index is 1710. The van der Waals surface area contributed by atoms with Crippen LogP contribution >= 0.6 is 0 Å². The van der Waals surface area contributed by atoms with Crippen molar-refractivity contribution in [2.45, 2.75) is 277 Å². The van der Waals surface area contributed by atoms with Crippen molar-refractivity contribution in [2.75, 3.05) is 13.2 Å². The Morgan fingerprint density at radius 2 is 0.500 bits per heavy atom. The lowest BCUT2D eigenvalue weighted by molar-refractivity contribution is -0.167. The predicted octanol–water partition coefficient (Wildman–Crippen LogP) is 21.9. The molecule has 0 fully saturated rings. The zero-order valence-corrected chi connectivity index (χ0v) is 50.4. The maximum atomic E-state index is 12.9. The highest BCUT2D eigenvalue weighted by molar-refractivity contribution is 5.71. The maximum absolute atomic E-state index is 12.9. The molecule has 0 bridgehead atoms. The number of hydrogen-bond acceptors (Lipinski definition) is 6. The van der Waals surface area contributed by atoms with Crippen molar-refractivity contribution in [1.82, 2.24) is 0 Å². The van der Waals surface area contributed by atoms with E-state index in [2.05, 4.69) is 167 Å². The van der Waals surface area contributed by atoms with Gasteiger partial charge in [0.1, 0.15) is 13.2 Å². The van der Waals surface area contributed by atoms with Gasteiger partial charge in [-0.25, -0.2) is 0 Å². The van der Waals surface area contributed by atoms with Crippen molar-refractivity contribution in [2.24, 2.45) is 0 Å². The van der Waals surface area contributed by atoms with Crippen molar-refractivity contribution in [3.8, 4) is 0 Å². The van der Waals surface area contributed by atoms with Gasteiger partial charge in [-0.05, 0) is 148 Å². The Balaban J connectivity index is 4.37. The lowest BCUT2D eigenvalue weighted by atomic mass is 10.1. The second kappa shape index (κ2) is 64.8. The summed E-state index contributed by atoms with van der Waals surface area (Å²) < 4.78 is 16.8. The van der Waals surface area contributed by atoms with Crippen LogP contribution < -0.4 is 0 Å². The smallest absolute Gasteiger partial charge is 0.306 e. The minimum atomic E-state index is -0.809. The van der Waals surface area contributed by atoms with Crippen molar-refractivity contribution < 1.29 is 28.6 Å². The van der Waals surface area contributed by atoms with Gasteiger partial charge in [-0.2, -0.15) is 0 Å². The second-order valence-electron chi connectivity index (χ2n) is 20.6. The molecule has 440 valence electrons. The van der Waals surface area contributed by atoms with Gasteiger partial charge in [-0.3, -0.25) is 14.4 Å². The average molecular weight is 1080 g/mol. The van der Waals surface area contributed by atoms with Gasteiger partial charge in [-0.15, -0.1) is 0 Å². The molecule has 0 aliphatic heterocycles. The average Bonchev–Trinajstić information content (AvgIpc) is 3.44. The monoisotopic (exact) mass is 1080 g/mol. The topological polar surface area (TPSA) is 78.9 Å². The highest BCUT2D eigenvalue weighted by Crippen LogP contribution is 2.14. The maximum Gasteiger partial charge on any atom is 0.306 e. The van der Waals surface area contributed by atoms with Crippen LogP contribution in [0.2, 0.25) is 0 Å². The van der Waals surface area contributed by atoms with Gasteiger partial charge < -0.3 is 14.2 Å². The number of hydrogen-bond donors (Lipinski definition) is 0. The lowest BCUT2D eigenvalue weighted by Crippen LogP contribution is -2.30. The van der Waals surface area contributed by atoms with E-state index in [0.29, 0.717) is 25.7 Å². The molecule has 6 heteroatoms. The van der Waals surface area contributed by atoms with Gasteiger partial charge in [0.05, 0.1) is 0 Å². The molecule has 1 unspecified atom stereocenters. The molecule has 0 rings (SSSR count). The summed E-state index contributed by atoms with van der Waals surface area (Å²) in [7, 11) is 0. The van der Waals surface area contributed by atoms with Crippen LogP contribution in [0.4, 0.5) is 0 Å². The summed E-state index contributed by atoms with van der Waals surface area (Å²) in [4.78, 5) is 38.2. The first-order valence-electron chi connectivity index (χ1n) is 31.8. The molecule has 0 aliphatic carbocycles. The first-order valence-corrected chi connectivity index (χ1v) is 31.8. The molecular weight excluding hydrogens is 961 g/mol. The lowest BCUT2D eigenvalue weighted by Gasteiger charge is -2.18. The van der Waals surface area contributed by atoms with Crippen LogP contribution in [-0.4, -0.2) is 37.2 Å². The SMILES string of the molecule is CC/C=C\C/C=C\C/C=C\C/C=C\C/C=C\C/C=C\C/C=C\C/C=C\C/C=C\C/C=C\CCCCC(=O)OCC(COC(=O)CCCCCCC/C=C\CCCCC)OC(=O)CCCCCCC/C=C\CCCCCCCC. The summed E-state index contributed by atoms with van der Waals surface area (Å²) in [5, 5.41) is 0. The first kappa shape index (κ1) is 73.3. The van der Waals surface area contributed by atoms with Gasteiger partial charge >= 0.3 is 17.9 Å². The van der Waals surface area contributed by atoms with E-state index < -0.39 is 6.10 Å². The van der Waals surface area contributed by atoms with E-state index >= 15 is 0 Å². The fraction of sp³-hybridized carbons (Fsp3) is 0.625. The van der Waals surface area contributed by atoms with Crippen LogP contribution in [0.25, 0.3) is 0 Å². The van der Waals surface area contributed by atoms with Gasteiger partial charge in [0.2, 0.25) is 0 Å². The molecule has 0 aromatic carbocycles. The molecule has 0 saturated carbocycles. The van der Waals surface area contributed by atoms with E-state index in [1.165, 1.54) is 83.5 Å². The number of ether oxygens (including phenoxy) is 3. The molecule has 0 radical (unpaired) electrons. The van der Waals surface area contributed by atoms with Crippen molar-refractivity contribution >= 4 is 17.9 Å². The highest BCUT2D eigenvalue weighted by Gasteiger charge is 2.19. The van der Waals surface area contributed by atoms with Crippen molar-refractivity contribution in [1.29, 1.82) is 0 Å². The second-order valence-corrected chi connectivity index (χ2v) is 20.6. The molecule has 0 aromatic rings. The van der Waals surface area contributed by atoms with Gasteiger partial charge in [0, 0.05) is 19.3 Å². The molecular formula is C72H116O6. The molecule has 0 spiro atoms. The third-order valence-electron chi connectivity index (χ3n) is 13.0. The predicted molar refractivity (Wildman–Crippen MR) is 339 cm³/mol. The molecule has 6 nitrogen and oxygen atoms in total. The minimum absolute atomic E-state index is 0.103. The Labute approximate surface area is 480 Å². The number of unbranched alkanes of at least 4 members (excludes halogenated alkanes) is 21. The van der Waals surface area contributed by atoms with E-state index in [9.17, 15) is 14.4 Å². The molecule has 1 atom stereocenters. The summed E-state index contributed by atoms with van der Waals surface area (Å²) in [6, 6.07) is 0. The third kappa shape index (κ3) is 62.1. The standard InChI is InChI=1S/C72H116O6/c1-4-7-10-13-16-19-22-25-27-28-29-30-31-32-33-34-35-36-37-38-39-40-41-42-43-44-46-47-50-53-56-59-62-65-71(74)77-68-69(67-76-70(73)64-61-58-55-52-49-24-21-18-15-12-9-6-3)78-72(75)66-63-60-57-54-51-48-45-26-23-20-17-14-11-8-5-2/h7,10,16,18-19,21,25-27,29-30,32-33,35-36,38-39,41-42,44-46,50,53,69H,4-6,8-9,11-15,17,20,22-24,28,31,34,37,40,43,47-49,51-52,54-68H2,1-3H3/b10-7-,19-16-,21-18-,27-25-,30-29-,33-32-,36-35-,39-38-,42-41-,45-26-,46-44-,53-50-. The van der Waals surface area contributed by atoms with Gasteiger partial charge in [-0.1, -0.05) is 250 Å². The van der Waals surface area contributed by atoms with Crippen molar-refractivity contribution in [3.63, 3.8) is 0 Å². The molecule has 0 aromatic heterocycles. The van der Waals surface area contributed by atoms with Gasteiger partial charge in [0.15, 0.2) is 6.10 Å². The zero-order valence-electron chi connectivity index (χ0n) is 50.4. The van der Waals surface area contributed by atoms with Crippen LogP contribution in [0.5, 0.6) is 0 Å². The van der Waals surface area contributed by atoms with E-state index in [-0.39, 0.29) is 31.1 Å². The quantitative estimate of drug-likeness (QED) is 0.0261. The van der Waals surface area contributed by atoms with Crippen LogP contribution in [-0.2, 0) is 28.6 Å². The Hall–Kier alpha value is -4.71. The van der Waals surface area contributed by atoms with E-state index in [0.717, 1.165) is 141 Å². The number of carbonyl (C=O) groups is 3. The van der Waals surface area contributed by atoms with E-state index in [4.69, 9.17) is 14.2 Å². The van der Waals surface area contributed by atoms with Gasteiger partial charge in [0.25, 0.3) is 0 Å².